The molecule has 1 aromatic rings. The SMILES string of the molecule is CC(C)C(N)C(=O)NC(CCC(=O)O)C(=O)NC(Cc1cnc[nH]1)C(=O)NC(CCC(=O)O)C(=O)O. The highest BCUT2D eigenvalue weighted by Gasteiger charge is 2.31. The molecule has 36 heavy (non-hydrogen) atoms. The number of amides is 3. The monoisotopic (exact) mass is 512 g/mol. The molecule has 1 rings (SSSR count). The minimum absolute atomic E-state index is 0.159. The molecule has 0 aromatic carbocycles. The van der Waals surface area contributed by atoms with Crippen LogP contribution in [0.5, 0.6) is 0 Å². The number of carboxylic acid groups (broad SMARTS) is 3. The van der Waals surface area contributed by atoms with Crippen LogP contribution in [0.15, 0.2) is 12.5 Å². The average Bonchev–Trinajstić information content (AvgIpc) is 3.30. The Kier molecular flexibility index (Phi) is 12.0. The first-order valence-electron chi connectivity index (χ1n) is 11.1. The van der Waals surface area contributed by atoms with E-state index in [0.29, 0.717) is 5.69 Å². The Labute approximate surface area is 206 Å². The highest BCUT2D eigenvalue weighted by atomic mass is 16.4. The lowest BCUT2D eigenvalue weighted by molar-refractivity contribution is -0.143. The first kappa shape index (κ1) is 30.0. The summed E-state index contributed by atoms with van der Waals surface area (Å²) in [5, 5.41) is 34.2. The average molecular weight is 513 g/mol. The van der Waals surface area contributed by atoms with Crippen LogP contribution in [0.2, 0.25) is 0 Å². The number of nitrogens with two attached hydrogens (primary N) is 1. The molecular weight excluding hydrogens is 480 g/mol. The van der Waals surface area contributed by atoms with E-state index in [1.54, 1.807) is 13.8 Å². The van der Waals surface area contributed by atoms with E-state index < -0.39 is 79.1 Å². The molecule has 0 saturated carbocycles. The maximum absolute atomic E-state index is 13.0. The van der Waals surface area contributed by atoms with Gasteiger partial charge in [-0.25, -0.2) is 9.78 Å². The molecular formula is C21H32N6O9. The molecule has 0 aliphatic carbocycles. The Hall–Kier alpha value is -4.01. The van der Waals surface area contributed by atoms with E-state index in [-0.39, 0.29) is 18.8 Å². The number of rotatable bonds is 16. The second-order valence-electron chi connectivity index (χ2n) is 8.44. The summed E-state index contributed by atoms with van der Waals surface area (Å²) in [4.78, 5) is 78.2. The van der Waals surface area contributed by atoms with Crippen LogP contribution in [-0.4, -0.2) is 85.1 Å². The van der Waals surface area contributed by atoms with Gasteiger partial charge in [0.05, 0.1) is 12.4 Å². The summed E-state index contributed by atoms with van der Waals surface area (Å²) in [6.07, 6.45) is 0.849. The van der Waals surface area contributed by atoms with Gasteiger partial charge in [0.15, 0.2) is 0 Å². The number of aromatic nitrogens is 2. The Morgan fingerprint density at radius 2 is 1.36 bits per heavy atom. The van der Waals surface area contributed by atoms with Gasteiger partial charge in [0.25, 0.3) is 0 Å². The van der Waals surface area contributed by atoms with Crippen molar-refractivity contribution < 1.29 is 44.1 Å². The van der Waals surface area contributed by atoms with Gasteiger partial charge in [0.2, 0.25) is 17.7 Å². The van der Waals surface area contributed by atoms with Crippen molar-refractivity contribution in [1.29, 1.82) is 0 Å². The minimum atomic E-state index is -1.54. The second-order valence-corrected chi connectivity index (χ2v) is 8.44. The number of aliphatic carboxylic acids is 3. The van der Waals surface area contributed by atoms with Crippen molar-refractivity contribution in [2.45, 2.75) is 70.1 Å². The predicted octanol–water partition coefficient (Wildman–Crippen LogP) is -1.80. The van der Waals surface area contributed by atoms with Crippen molar-refractivity contribution >= 4 is 35.6 Å². The molecule has 4 unspecified atom stereocenters. The van der Waals surface area contributed by atoms with E-state index in [4.69, 9.17) is 15.9 Å². The van der Waals surface area contributed by atoms with Gasteiger partial charge in [-0.05, 0) is 18.8 Å². The molecule has 0 spiro atoms. The summed E-state index contributed by atoms with van der Waals surface area (Å²) < 4.78 is 0. The number of hydrogen-bond donors (Lipinski definition) is 8. The first-order chi connectivity index (χ1) is 16.8. The van der Waals surface area contributed by atoms with E-state index in [2.05, 4.69) is 25.9 Å². The largest absolute Gasteiger partial charge is 0.481 e. The van der Waals surface area contributed by atoms with Crippen LogP contribution in [0.25, 0.3) is 0 Å². The number of H-pyrrole nitrogens is 1. The number of imidazole rings is 1. The molecule has 9 N–H and O–H groups in total. The Morgan fingerprint density at radius 3 is 1.83 bits per heavy atom. The van der Waals surface area contributed by atoms with Gasteiger partial charge >= 0.3 is 17.9 Å². The number of hydrogen-bond acceptors (Lipinski definition) is 8. The third kappa shape index (κ3) is 10.5. The predicted molar refractivity (Wildman–Crippen MR) is 122 cm³/mol. The van der Waals surface area contributed by atoms with Crippen molar-refractivity contribution in [3.63, 3.8) is 0 Å². The summed E-state index contributed by atoms with van der Waals surface area (Å²) in [6.45, 7) is 3.37. The number of nitrogens with zero attached hydrogens (tertiary/aromatic N) is 1. The van der Waals surface area contributed by atoms with Crippen molar-refractivity contribution in [3.8, 4) is 0 Å². The van der Waals surface area contributed by atoms with Gasteiger partial charge in [0, 0.05) is 31.2 Å². The summed E-state index contributed by atoms with van der Waals surface area (Å²) >= 11 is 0. The fraction of sp³-hybridized carbons (Fsp3) is 0.571. The topological polar surface area (TPSA) is 254 Å². The maximum atomic E-state index is 13.0. The van der Waals surface area contributed by atoms with E-state index in [0.717, 1.165) is 0 Å². The second kappa shape index (κ2) is 14.4. The molecule has 1 aromatic heterocycles. The van der Waals surface area contributed by atoms with Crippen molar-refractivity contribution in [2.75, 3.05) is 0 Å². The fourth-order valence-electron chi connectivity index (χ4n) is 3.00. The zero-order valence-electron chi connectivity index (χ0n) is 19.9. The molecule has 4 atom stereocenters. The normalized spacial score (nSPS) is 14.2. The number of carboxylic acids is 3. The number of carbonyl (C=O) groups excluding carboxylic acids is 3. The van der Waals surface area contributed by atoms with Crippen molar-refractivity contribution in [3.05, 3.63) is 18.2 Å². The highest BCUT2D eigenvalue weighted by Crippen LogP contribution is 2.07. The smallest absolute Gasteiger partial charge is 0.326 e. The van der Waals surface area contributed by atoms with Crippen LogP contribution in [0.4, 0.5) is 0 Å². The Balaban J connectivity index is 3.09. The molecule has 1 heterocycles. The van der Waals surface area contributed by atoms with Gasteiger partial charge in [-0.15, -0.1) is 0 Å². The molecule has 200 valence electrons. The zero-order chi connectivity index (χ0) is 27.4. The molecule has 0 bridgehead atoms. The fourth-order valence-corrected chi connectivity index (χ4v) is 3.00. The zero-order valence-corrected chi connectivity index (χ0v) is 19.9. The number of aromatic amines is 1. The molecule has 0 aliphatic heterocycles. The molecule has 0 fully saturated rings. The van der Waals surface area contributed by atoms with Crippen LogP contribution in [0.1, 0.15) is 45.2 Å². The van der Waals surface area contributed by atoms with Crippen molar-refractivity contribution in [1.82, 2.24) is 25.9 Å². The van der Waals surface area contributed by atoms with E-state index in [9.17, 15) is 33.9 Å². The highest BCUT2D eigenvalue weighted by molar-refractivity contribution is 5.94. The first-order valence-corrected chi connectivity index (χ1v) is 11.1. The van der Waals surface area contributed by atoms with Gasteiger partial charge in [-0.2, -0.15) is 0 Å². The van der Waals surface area contributed by atoms with Crippen molar-refractivity contribution in [2.24, 2.45) is 11.7 Å². The summed E-state index contributed by atoms with van der Waals surface area (Å²) in [6, 6.07) is -5.23. The third-order valence-electron chi connectivity index (χ3n) is 5.17. The number of carbonyl (C=O) groups is 6. The summed E-state index contributed by atoms with van der Waals surface area (Å²) in [7, 11) is 0. The third-order valence-corrected chi connectivity index (χ3v) is 5.17. The standard InChI is InChI=1S/C21H32N6O9/c1-10(2)17(22)20(34)25-12(3-5-15(28)29)18(32)27-14(7-11-8-23-9-24-11)19(33)26-13(21(35)36)4-6-16(30)31/h8-10,12-14,17H,3-7,22H2,1-2H3,(H,23,24)(H,25,34)(H,26,33)(H,27,32)(H,28,29)(H,30,31)(H,35,36). The summed E-state index contributed by atoms with van der Waals surface area (Å²) in [5.74, 6) is -6.73. The van der Waals surface area contributed by atoms with E-state index >= 15 is 0 Å². The molecule has 0 saturated heterocycles. The Morgan fingerprint density at radius 1 is 0.861 bits per heavy atom. The minimum Gasteiger partial charge on any atom is -0.481 e. The van der Waals surface area contributed by atoms with Crippen LogP contribution < -0.4 is 21.7 Å². The summed E-state index contributed by atoms with van der Waals surface area (Å²) in [5.41, 5.74) is 6.21. The van der Waals surface area contributed by atoms with Gasteiger partial charge in [-0.1, -0.05) is 13.8 Å². The van der Waals surface area contributed by atoms with Crippen LogP contribution in [0.3, 0.4) is 0 Å². The molecule has 3 amide bonds. The number of nitrogens with one attached hydrogen (secondary N) is 4. The van der Waals surface area contributed by atoms with Crippen LogP contribution >= 0.6 is 0 Å². The van der Waals surface area contributed by atoms with E-state index in [1.165, 1.54) is 12.5 Å². The van der Waals surface area contributed by atoms with Crippen LogP contribution in [-0.2, 0) is 35.2 Å². The quantitative estimate of drug-likeness (QED) is 0.123. The molecule has 15 nitrogen and oxygen atoms in total. The van der Waals surface area contributed by atoms with Gasteiger partial charge < -0.3 is 42.0 Å². The van der Waals surface area contributed by atoms with Gasteiger partial charge in [-0.3, -0.25) is 24.0 Å². The van der Waals surface area contributed by atoms with Crippen LogP contribution in [0, 0.1) is 5.92 Å². The molecule has 0 aliphatic rings. The van der Waals surface area contributed by atoms with Gasteiger partial charge in [0.1, 0.15) is 18.1 Å². The lowest BCUT2D eigenvalue weighted by Gasteiger charge is -2.25. The van der Waals surface area contributed by atoms with E-state index in [1.807, 2.05) is 0 Å². The lowest BCUT2D eigenvalue weighted by Crippen LogP contribution is -2.58. The lowest BCUT2D eigenvalue weighted by atomic mass is 10.0. The molecule has 15 heteroatoms. The molecule has 0 radical (unpaired) electrons. The Bertz CT molecular complexity index is 934. The maximum Gasteiger partial charge on any atom is 0.326 e.